The number of benzene rings is 1. The van der Waals surface area contributed by atoms with Crippen LogP contribution < -0.4 is 15.5 Å². The van der Waals surface area contributed by atoms with Crippen molar-refractivity contribution in [3.05, 3.63) is 58.9 Å². The molecule has 3 heterocycles. The molecule has 1 aromatic heterocycles. The fraction of sp³-hybridized carbons (Fsp3) is 0.316. The lowest BCUT2D eigenvalue weighted by Gasteiger charge is -2.36. The Bertz CT molecular complexity index is 865. The zero-order valence-corrected chi connectivity index (χ0v) is 16.7. The van der Waals surface area contributed by atoms with E-state index in [-0.39, 0.29) is 30.4 Å². The summed E-state index contributed by atoms with van der Waals surface area (Å²) in [5.41, 5.74) is 2.06. The first-order valence-corrected chi connectivity index (χ1v) is 9.29. The third kappa shape index (κ3) is 3.92. The van der Waals surface area contributed by atoms with Gasteiger partial charge in [-0.15, -0.1) is 12.4 Å². The van der Waals surface area contributed by atoms with Crippen LogP contribution in [-0.4, -0.2) is 54.5 Å². The fourth-order valence-corrected chi connectivity index (χ4v) is 3.73. The zero-order chi connectivity index (χ0) is 18.8. The second kappa shape index (κ2) is 8.77. The molecule has 4 rings (SSSR count). The van der Waals surface area contributed by atoms with Gasteiger partial charge in [-0.1, -0.05) is 17.7 Å². The number of amides is 3. The average Bonchev–Trinajstić information content (AvgIpc) is 3.14. The van der Waals surface area contributed by atoms with Crippen molar-refractivity contribution in [3.8, 4) is 0 Å². The van der Waals surface area contributed by atoms with Crippen molar-refractivity contribution in [2.24, 2.45) is 0 Å². The topological polar surface area (TPSA) is 77.6 Å². The van der Waals surface area contributed by atoms with E-state index in [1.165, 1.54) is 0 Å². The van der Waals surface area contributed by atoms with Crippen molar-refractivity contribution in [1.29, 1.82) is 0 Å². The Balaban J connectivity index is 0.00000225. The third-order valence-electron chi connectivity index (χ3n) is 4.92. The minimum atomic E-state index is -0.161. The van der Waals surface area contributed by atoms with Crippen LogP contribution in [0.4, 0.5) is 10.5 Å². The highest BCUT2D eigenvalue weighted by Crippen LogP contribution is 2.29. The summed E-state index contributed by atoms with van der Waals surface area (Å²) in [4.78, 5) is 32.9. The van der Waals surface area contributed by atoms with Crippen LogP contribution in [0.15, 0.2) is 42.7 Å². The fourth-order valence-electron chi connectivity index (χ4n) is 3.54. The lowest BCUT2D eigenvalue weighted by atomic mass is 10.0. The molecule has 0 spiro atoms. The number of carbonyl (C=O) groups excluding carboxylic acids is 2. The number of aromatic nitrogens is 1. The summed E-state index contributed by atoms with van der Waals surface area (Å²) < 4.78 is 0. The Kier molecular flexibility index (Phi) is 6.39. The van der Waals surface area contributed by atoms with Crippen LogP contribution in [0.3, 0.4) is 0 Å². The molecule has 2 saturated heterocycles. The number of hydrogen-bond acceptors (Lipinski definition) is 4. The van der Waals surface area contributed by atoms with Crippen LogP contribution in [0.25, 0.3) is 0 Å². The van der Waals surface area contributed by atoms with Crippen molar-refractivity contribution >= 4 is 41.6 Å². The molecule has 1 unspecified atom stereocenters. The van der Waals surface area contributed by atoms with Crippen LogP contribution in [0.5, 0.6) is 0 Å². The molecule has 148 valence electrons. The molecule has 2 fully saturated rings. The van der Waals surface area contributed by atoms with E-state index >= 15 is 0 Å². The number of rotatable bonds is 3. The summed E-state index contributed by atoms with van der Waals surface area (Å²) in [7, 11) is 0. The summed E-state index contributed by atoms with van der Waals surface area (Å²) in [6.07, 6.45) is 3.50. The van der Waals surface area contributed by atoms with E-state index in [0.717, 1.165) is 5.56 Å². The standard InChI is InChI=1S/C19H20ClN5O2.ClH/c20-16-4-3-14(24-9-7-23-19(24)27)10-15(16)18(26)25-8-6-22-12-17(25)13-2-1-5-21-11-13;/h1-5,10-11,17,22H,6-9,12H2,(H,23,27);1H. The first kappa shape index (κ1) is 20.4. The highest BCUT2D eigenvalue weighted by molar-refractivity contribution is 6.34. The number of anilines is 1. The van der Waals surface area contributed by atoms with Crippen LogP contribution in [-0.2, 0) is 0 Å². The Morgan fingerprint density at radius 1 is 1.21 bits per heavy atom. The van der Waals surface area contributed by atoms with Crippen molar-refractivity contribution < 1.29 is 9.59 Å². The van der Waals surface area contributed by atoms with E-state index < -0.39 is 0 Å². The van der Waals surface area contributed by atoms with Gasteiger partial charge >= 0.3 is 6.03 Å². The Labute approximate surface area is 174 Å². The lowest BCUT2D eigenvalue weighted by molar-refractivity contribution is 0.0634. The normalized spacial score (nSPS) is 19.2. The van der Waals surface area contributed by atoms with Crippen molar-refractivity contribution in [1.82, 2.24) is 20.5 Å². The second-order valence-corrected chi connectivity index (χ2v) is 6.96. The van der Waals surface area contributed by atoms with Gasteiger partial charge in [0.1, 0.15) is 0 Å². The molecule has 0 radical (unpaired) electrons. The SMILES string of the molecule is Cl.O=C1NCCN1c1ccc(Cl)c(C(=O)N2CCNCC2c2cccnc2)c1. The highest BCUT2D eigenvalue weighted by Gasteiger charge is 2.31. The minimum absolute atomic E-state index is 0. The molecule has 0 aliphatic carbocycles. The van der Waals surface area contributed by atoms with Gasteiger partial charge in [0.05, 0.1) is 16.6 Å². The average molecular weight is 422 g/mol. The monoisotopic (exact) mass is 421 g/mol. The number of pyridine rings is 1. The number of piperazine rings is 1. The number of nitrogens with zero attached hydrogens (tertiary/aromatic N) is 3. The van der Waals surface area contributed by atoms with Gasteiger partial charge in [-0.25, -0.2) is 4.79 Å². The molecule has 2 N–H and O–H groups in total. The zero-order valence-electron chi connectivity index (χ0n) is 15.1. The summed E-state index contributed by atoms with van der Waals surface area (Å²) in [5.74, 6) is -0.142. The number of carbonyl (C=O) groups is 2. The van der Waals surface area contributed by atoms with Gasteiger partial charge in [-0.3, -0.25) is 14.7 Å². The molecule has 1 atom stereocenters. The summed E-state index contributed by atoms with van der Waals surface area (Å²) in [5, 5.41) is 6.48. The van der Waals surface area contributed by atoms with Crippen LogP contribution in [0.2, 0.25) is 5.02 Å². The van der Waals surface area contributed by atoms with Crippen molar-refractivity contribution in [2.75, 3.05) is 37.6 Å². The van der Waals surface area contributed by atoms with E-state index in [1.807, 2.05) is 17.0 Å². The summed E-state index contributed by atoms with van der Waals surface area (Å²) >= 11 is 6.35. The van der Waals surface area contributed by atoms with Gasteiger partial charge < -0.3 is 15.5 Å². The molecule has 0 bridgehead atoms. The summed E-state index contributed by atoms with van der Waals surface area (Å²) in [6, 6.07) is 8.71. The van der Waals surface area contributed by atoms with Gasteiger partial charge in [-0.05, 0) is 29.8 Å². The quantitative estimate of drug-likeness (QED) is 0.797. The molecule has 1 aromatic carbocycles. The number of halogens is 2. The van der Waals surface area contributed by atoms with Gasteiger partial charge in [-0.2, -0.15) is 0 Å². The lowest BCUT2D eigenvalue weighted by Crippen LogP contribution is -2.48. The largest absolute Gasteiger partial charge is 0.336 e. The van der Waals surface area contributed by atoms with Crippen LogP contribution in [0.1, 0.15) is 22.0 Å². The predicted octanol–water partition coefficient (Wildman–Crippen LogP) is 2.47. The maximum atomic E-state index is 13.3. The van der Waals surface area contributed by atoms with E-state index in [0.29, 0.717) is 49.0 Å². The van der Waals surface area contributed by atoms with E-state index in [2.05, 4.69) is 15.6 Å². The van der Waals surface area contributed by atoms with Gasteiger partial charge in [0.15, 0.2) is 0 Å². The summed E-state index contributed by atoms with van der Waals surface area (Å²) in [6.45, 7) is 3.10. The molecule has 2 aliphatic rings. The molecular weight excluding hydrogens is 401 g/mol. The minimum Gasteiger partial charge on any atom is -0.336 e. The first-order valence-electron chi connectivity index (χ1n) is 8.91. The molecule has 0 saturated carbocycles. The molecular formula is C19H21Cl2N5O2. The van der Waals surface area contributed by atoms with E-state index in [1.54, 1.807) is 35.5 Å². The smallest absolute Gasteiger partial charge is 0.321 e. The maximum Gasteiger partial charge on any atom is 0.321 e. The Morgan fingerprint density at radius 2 is 2.07 bits per heavy atom. The first-order chi connectivity index (χ1) is 13.1. The third-order valence-corrected chi connectivity index (χ3v) is 5.25. The molecule has 9 heteroatoms. The molecule has 2 aliphatic heterocycles. The second-order valence-electron chi connectivity index (χ2n) is 6.55. The molecule has 2 aromatic rings. The van der Waals surface area contributed by atoms with Crippen molar-refractivity contribution in [2.45, 2.75) is 6.04 Å². The number of hydrogen-bond donors (Lipinski definition) is 2. The molecule has 28 heavy (non-hydrogen) atoms. The Morgan fingerprint density at radius 3 is 2.79 bits per heavy atom. The van der Waals surface area contributed by atoms with Crippen LogP contribution >= 0.6 is 24.0 Å². The highest BCUT2D eigenvalue weighted by atomic mass is 35.5. The maximum absolute atomic E-state index is 13.3. The van der Waals surface area contributed by atoms with E-state index in [4.69, 9.17) is 11.6 Å². The number of urea groups is 1. The Hall–Kier alpha value is -2.35. The predicted molar refractivity (Wildman–Crippen MR) is 110 cm³/mol. The van der Waals surface area contributed by atoms with Gasteiger partial charge in [0.2, 0.25) is 0 Å². The van der Waals surface area contributed by atoms with E-state index in [9.17, 15) is 9.59 Å². The van der Waals surface area contributed by atoms with Gasteiger partial charge in [0.25, 0.3) is 5.91 Å². The van der Waals surface area contributed by atoms with Crippen molar-refractivity contribution in [3.63, 3.8) is 0 Å². The number of nitrogens with one attached hydrogen (secondary N) is 2. The van der Waals surface area contributed by atoms with Crippen LogP contribution in [0, 0.1) is 0 Å². The van der Waals surface area contributed by atoms with Gasteiger partial charge in [0, 0.05) is 50.8 Å². The molecule has 3 amide bonds. The molecule has 7 nitrogen and oxygen atoms in total.